The van der Waals surface area contributed by atoms with Crippen molar-refractivity contribution in [2.24, 2.45) is 5.73 Å². The number of nitrogens with zero attached hydrogens (tertiary/aromatic N) is 3. The zero-order chi connectivity index (χ0) is 14.0. The lowest BCUT2D eigenvalue weighted by molar-refractivity contribution is -0.138. The number of rotatable bonds is 4. The number of carboxylic acid groups (broad SMARTS) is 1. The molecule has 0 aliphatic rings. The largest absolute Gasteiger partial charge is 0.480 e. The number of halogens is 2. The van der Waals surface area contributed by atoms with Crippen LogP contribution in [0.4, 0.5) is 0 Å². The van der Waals surface area contributed by atoms with E-state index in [-0.39, 0.29) is 6.42 Å². The SMILES string of the molecule is NC(Cc1cn(-c2ccc(Cl)c(Br)c2)nn1)C(=O)O. The van der Waals surface area contributed by atoms with Gasteiger partial charge in [0.1, 0.15) is 6.04 Å². The van der Waals surface area contributed by atoms with Gasteiger partial charge < -0.3 is 10.8 Å². The first-order valence-electron chi connectivity index (χ1n) is 5.32. The monoisotopic (exact) mass is 344 g/mol. The number of nitrogens with two attached hydrogens (primary N) is 1. The summed E-state index contributed by atoms with van der Waals surface area (Å²) in [5.74, 6) is -1.07. The van der Waals surface area contributed by atoms with Gasteiger partial charge in [0.2, 0.25) is 0 Å². The lowest BCUT2D eigenvalue weighted by Gasteiger charge is -2.03. The van der Waals surface area contributed by atoms with Crippen molar-refractivity contribution in [2.45, 2.75) is 12.5 Å². The van der Waals surface area contributed by atoms with Gasteiger partial charge in [-0.2, -0.15) is 0 Å². The van der Waals surface area contributed by atoms with Crippen molar-refractivity contribution < 1.29 is 9.90 Å². The van der Waals surface area contributed by atoms with Gasteiger partial charge in [-0.15, -0.1) is 5.10 Å². The molecular weight excluding hydrogens is 336 g/mol. The topological polar surface area (TPSA) is 94.0 Å². The van der Waals surface area contributed by atoms with Gasteiger partial charge in [0.05, 0.1) is 22.6 Å². The first-order valence-corrected chi connectivity index (χ1v) is 6.49. The summed E-state index contributed by atoms with van der Waals surface area (Å²) >= 11 is 9.22. The van der Waals surface area contributed by atoms with Gasteiger partial charge in [0.25, 0.3) is 0 Å². The molecule has 6 nitrogen and oxygen atoms in total. The average molecular weight is 346 g/mol. The van der Waals surface area contributed by atoms with Gasteiger partial charge in [-0.3, -0.25) is 4.79 Å². The van der Waals surface area contributed by atoms with E-state index in [2.05, 4.69) is 26.2 Å². The molecule has 0 aliphatic carbocycles. The Bertz CT molecular complexity index is 616. The Morgan fingerprint density at radius 1 is 1.58 bits per heavy atom. The van der Waals surface area contributed by atoms with Crippen LogP contribution in [0.3, 0.4) is 0 Å². The van der Waals surface area contributed by atoms with E-state index in [0.29, 0.717) is 10.7 Å². The average Bonchev–Trinajstić information content (AvgIpc) is 2.81. The van der Waals surface area contributed by atoms with Crippen LogP contribution in [0.1, 0.15) is 5.69 Å². The highest BCUT2D eigenvalue weighted by Gasteiger charge is 2.14. The highest BCUT2D eigenvalue weighted by atomic mass is 79.9. The summed E-state index contributed by atoms with van der Waals surface area (Å²) in [4.78, 5) is 10.7. The first-order chi connectivity index (χ1) is 8.97. The summed E-state index contributed by atoms with van der Waals surface area (Å²) in [5.41, 5.74) is 6.72. The molecule has 0 bridgehead atoms. The molecule has 100 valence electrons. The normalized spacial score (nSPS) is 12.4. The number of carbonyl (C=O) groups is 1. The molecule has 0 saturated heterocycles. The molecule has 1 aromatic carbocycles. The molecule has 3 N–H and O–H groups in total. The number of carboxylic acids is 1. The third-order valence-electron chi connectivity index (χ3n) is 2.45. The van der Waals surface area contributed by atoms with E-state index in [0.717, 1.165) is 10.2 Å². The molecule has 2 aromatic rings. The summed E-state index contributed by atoms with van der Waals surface area (Å²) < 4.78 is 2.27. The number of hydrogen-bond acceptors (Lipinski definition) is 4. The molecule has 1 heterocycles. The van der Waals surface area contributed by atoms with E-state index in [4.69, 9.17) is 22.4 Å². The summed E-state index contributed by atoms with van der Waals surface area (Å²) in [6, 6.07) is 4.31. The maximum absolute atomic E-state index is 10.7. The predicted molar refractivity (Wildman–Crippen MR) is 73.4 cm³/mol. The van der Waals surface area contributed by atoms with Crippen LogP contribution in [-0.4, -0.2) is 32.1 Å². The molecule has 0 spiro atoms. The van der Waals surface area contributed by atoms with Gasteiger partial charge in [-0.05, 0) is 34.1 Å². The van der Waals surface area contributed by atoms with E-state index in [9.17, 15) is 4.79 Å². The van der Waals surface area contributed by atoms with E-state index < -0.39 is 12.0 Å². The van der Waals surface area contributed by atoms with Gasteiger partial charge >= 0.3 is 5.97 Å². The molecule has 1 aromatic heterocycles. The second-order valence-corrected chi connectivity index (χ2v) is 5.16. The fourth-order valence-electron chi connectivity index (χ4n) is 1.46. The maximum atomic E-state index is 10.7. The van der Waals surface area contributed by atoms with E-state index in [1.165, 1.54) is 4.68 Å². The van der Waals surface area contributed by atoms with Crippen LogP contribution >= 0.6 is 27.5 Å². The molecule has 1 unspecified atom stereocenters. The Morgan fingerprint density at radius 3 is 2.95 bits per heavy atom. The third kappa shape index (κ3) is 3.31. The van der Waals surface area contributed by atoms with Crippen LogP contribution in [0.5, 0.6) is 0 Å². The minimum absolute atomic E-state index is 0.129. The van der Waals surface area contributed by atoms with E-state index in [1.54, 1.807) is 24.4 Å². The van der Waals surface area contributed by atoms with Crippen molar-refractivity contribution in [2.75, 3.05) is 0 Å². The molecule has 8 heteroatoms. The molecule has 0 radical (unpaired) electrons. The van der Waals surface area contributed by atoms with Crippen LogP contribution in [0.15, 0.2) is 28.9 Å². The van der Waals surface area contributed by atoms with Gasteiger partial charge in [0.15, 0.2) is 0 Å². The summed E-state index contributed by atoms with van der Waals surface area (Å²) in [7, 11) is 0. The second-order valence-electron chi connectivity index (χ2n) is 3.90. The van der Waals surface area contributed by atoms with Gasteiger partial charge in [0, 0.05) is 10.9 Å². The number of aliphatic carboxylic acids is 1. The predicted octanol–water partition coefficient (Wildman–Crippen LogP) is 1.64. The lowest BCUT2D eigenvalue weighted by atomic mass is 10.2. The van der Waals surface area contributed by atoms with E-state index >= 15 is 0 Å². The molecule has 0 amide bonds. The molecule has 2 rings (SSSR count). The quantitative estimate of drug-likeness (QED) is 0.878. The van der Waals surface area contributed by atoms with E-state index in [1.807, 2.05) is 0 Å². The minimum Gasteiger partial charge on any atom is -0.480 e. The molecule has 1 atom stereocenters. The van der Waals surface area contributed by atoms with Crippen molar-refractivity contribution in [3.8, 4) is 5.69 Å². The highest BCUT2D eigenvalue weighted by molar-refractivity contribution is 9.10. The summed E-state index contributed by atoms with van der Waals surface area (Å²) in [6.07, 6.45) is 1.77. The van der Waals surface area contributed by atoms with Gasteiger partial charge in [-0.1, -0.05) is 16.8 Å². The smallest absolute Gasteiger partial charge is 0.320 e. The lowest BCUT2D eigenvalue weighted by Crippen LogP contribution is -2.32. The molecular formula is C11H10BrClN4O2. The number of aromatic nitrogens is 3. The Kier molecular flexibility index (Phi) is 4.18. The zero-order valence-electron chi connectivity index (χ0n) is 9.62. The van der Waals surface area contributed by atoms with Crippen molar-refractivity contribution >= 4 is 33.5 Å². The number of hydrogen-bond donors (Lipinski definition) is 2. The van der Waals surface area contributed by atoms with Crippen LogP contribution in [0.2, 0.25) is 5.02 Å². The summed E-state index contributed by atoms with van der Waals surface area (Å²) in [6.45, 7) is 0. The van der Waals surface area contributed by atoms with Crippen LogP contribution < -0.4 is 5.73 Å². The molecule has 0 aliphatic heterocycles. The van der Waals surface area contributed by atoms with Crippen LogP contribution in [0, 0.1) is 0 Å². The Hall–Kier alpha value is -1.44. The van der Waals surface area contributed by atoms with Crippen molar-refractivity contribution in [1.82, 2.24) is 15.0 Å². The minimum atomic E-state index is -1.07. The third-order valence-corrected chi connectivity index (χ3v) is 3.67. The molecule has 0 saturated carbocycles. The maximum Gasteiger partial charge on any atom is 0.320 e. The zero-order valence-corrected chi connectivity index (χ0v) is 12.0. The summed E-state index contributed by atoms with van der Waals surface area (Å²) in [5, 5.41) is 17.1. The Morgan fingerprint density at radius 2 is 2.32 bits per heavy atom. The van der Waals surface area contributed by atoms with Crippen LogP contribution in [-0.2, 0) is 11.2 Å². The van der Waals surface area contributed by atoms with Crippen LogP contribution in [0.25, 0.3) is 5.69 Å². The van der Waals surface area contributed by atoms with Crippen molar-refractivity contribution in [3.63, 3.8) is 0 Å². The first kappa shape index (κ1) is 14.0. The fourth-order valence-corrected chi connectivity index (χ4v) is 1.94. The van der Waals surface area contributed by atoms with Crippen molar-refractivity contribution in [1.29, 1.82) is 0 Å². The van der Waals surface area contributed by atoms with Crippen molar-refractivity contribution in [3.05, 3.63) is 39.6 Å². The Balaban J connectivity index is 2.20. The molecule has 19 heavy (non-hydrogen) atoms. The fraction of sp³-hybridized carbons (Fsp3) is 0.182. The standard InChI is InChI=1S/C11H10BrClN4O2/c12-8-4-7(1-2-9(8)13)17-5-6(15-16-17)3-10(14)11(18)19/h1-2,4-5,10H,3,14H2,(H,18,19). The van der Waals surface area contributed by atoms with Gasteiger partial charge in [-0.25, -0.2) is 4.68 Å². The highest BCUT2D eigenvalue weighted by Crippen LogP contribution is 2.24. The Labute approximate surface area is 122 Å². The molecule has 0 fully saturated rings. The number of benzene rings is 1. The second kappa shape index (κ2) is 5.68.